The molecule has 18 heavy (non-hydrogen) atoms. The van der Waals surface area contributed by atoms with Crippen molar-refractivity contribution in [3.63, 3.8) is 0 Å². The van der Waals surface area contributed by atoms with E-state index in [2.05, 4.69) is 24.3 Å². The van der Waals surface area contributed by atoms with Gasteiger partial charge in [0.1, 0.15) is 11.6 Å². The Morgan fingerprint density at radius 1 is 1.28 bits per heavy atom. The number of nitrogens with zero attached hydrogens (tertiary/aromatic N) is 2. The Kier molecular flexibility index (Phi) is 4.53. The van der Waals surface area contributed by atoms with Gasteiger partial charge in [-0.1, -0.05) is 33.1 Å². The second-order valence-electron chi connectivity index (χ2n) is 5.68. The molecule has 3 N–H and O–H groups in total. The van der Waals surface area contributed by atoms with Gasteiger partial charge in [-0.2, -0.15) is 0 Å². The van der Waals surface area contributed by atoms with Gasteiger partial charge in [-0.25, -0.2) is 15.8 Å². The third-order valence-corrected chi connectivity index (χ3v) is 3.53. The molecule has 0 aliphatic heterocycles. The molecule has 0 spiro atoms. The van der Waals surface area contributed by atoms with Crippen LogP contribution in [-0.2, 0) is 6.42 Å². The van der Waals surface area contributed by atoms with Crippen LogP contribution in [0, 0.1) is 5.92 Å². The summed E-state index contributed by atoms with van der Waals surface area (Å²) in [5.74, 6) is 8.37. The first-order valence-corrected chi connectivity index (χ1v) is 7.03. The van der Waals surface area contributed by atoms with Crippen molar-refractivity contribution in [2.45, 2.75) is 58.3 Å². The summed E-state index contributed by atoms with van der Waals surface area (Å²) in [5.41, 5.74) is 3.77. The summed E-state index contributed by atoms with van der Waals surface area (Å²) in [5, 5.41) is 0. The molecule has 4 nitrogen and oxygen atoms in total. The number of nitrogen functional groups attached to an aromatic ring is 1. The third kappa shape index (κ3) is 3.42. The van der Waals surface area contributed by atoms with E-state index in [1.54, 1.807) is 0 Å². The van der Waals surface area contributed by atoms with Crippen molar-refractivity contribution < 1.29 is 0 Å². The van der Waals surface area contributed by atoms with E-state index in [9.17, 15) is 0 Å². The molecule has 0 aromatic carbocycles. The number of hydrazine groups is 1. The summed E-state index contributed by atoms with van der Waals surface area (Å²) < 4.78 is 0. The molecular formula is C14H24N4. The van der Waals surface area contributed by atoms with Crippen molar-refractivity contribution in [3.05, 3.63) is 17.6 Å². The largest absolute Gasteiger partial charge is 0.308 e. The van der Waals surface area contributed by atoms with Gasteiger partial charge in [-0.15, -0.1) is 0 Å². The summed E-state index contributed by atoms with van der Waals surface area (Å²) in [7, 11) is 0. The van der Waals surface area contributed by atoms with Crippen LogP contribution in [0.2, 0.25) is 0 Å². The van der Waals surface area contributed by atoms with E-state index < -0.39 is 0 Å². The SMILES string of the molecule is CC(C)Cc1cc(NN)nc(C2CCCCC2)n1. The van der Waals surface area contributed by atoms with Crippen LogP contribution in [0.3, 0.4) is 0 Å². The van der Waals surface area contributed by atoms with Gasteiger partial charge in [0.05, 0.1) is 0 Å². The van der Waals surface area contributed by atoms with Gasteiger partial charge in [0.25, 0.3) is 0 Å². The summed E-state index contributed by atoms with van der Waals surface area (Å²) in [4.78, 5) is 9.27. The number of hydrogen-bond acceptors (Lipinski definition) is 4. The van der Waals surface area contributed by atoms with Crippen molar-refractivity contribution in [2.24, 2.45) is 11.8 Å². The molecular weight excluding hydrogens is 224 g/mol. The summed E-state index contributed by atoms with van der Waals surface area (Å²) >= 11 is 0. The maximum Gasteiger partial charge on any atom is 0.143 e. The zero-order chi connectivity index (χ0) is 13.0. The summed E-state index contributed by atoms with van der Waals surface area (Å²) in [6.07, 6.45) is 7.37. The Balaban J connectivity index is 2.22. The van der Waals surface area contributed by atoms with Crippen molar-refractivity contribution in [3.8, 4) is 0 Å². The van der Waals surface area contributed by atoms with E-state index in [-0.39, 0.29) is 0 Å². The molecule has 100 valence electrons. The predicted octanol–water partition coefficient (Wildman–Crippen LogP) is 3.01. The minimum atomic E-state index is 0.526. The normalized spacial score (nSPS) is 17.1. The van der Waals surface area contributed by atoms with E-state index in [1.807, 2.05) is 6.07 Å². The average molecular weight is 248 g/mol. The monoisotopic (exact) mass is 248 g/mol. The first-order chi connectivity index (χ1) is 8.69. The lowest BCUT2D eigenvalue weighted by Gasteiger charge is -2.21. The maximum absolute atomic E-state index is 5.51. The fourth-order valence-electron chi connectivity index (χ4n) is 2.66. The quantitative estimate of drug-likeness (QED) is 0.635. The fraction of sp³-hybridized carbons (Fsp3) is 0.714. The number of hydrogen-bond donors (Lipinski definition) is 2. The van der Waals surface area contributed by atoms with Gasteiger partial charge in [0.15, 0.2) is 0 Å². The van der Waals surface area contributed by atoms with Crippen LogP contribution in [-0.4, -0.2) is 9.97 Å². The summed E-state index contributed by atoms with van der Waals surface area (Å²) in [6.45, 7) is 4.41. The van der Waals surface area contributed by atoms with Crippen LogP contribution in [0.15, 0.2) is 6.07 Å². The van der Waals surface area contributed by atoms with Gasteiger partial charge < -0.3 is 5.43 Å². The predicted molar refractivity (Wildman–Crippen MR) is 74.2 cm³/mol. The molecule has 0 bridgehead atoms. The molecule has 2 rings (SSSR count). The number of nitrogens with one attached hydrogen (secondary N) is 1. The first kappa shape index (κ1) is 13.3. The van der Waals surface area contributed by atoms with E-state index >= 15 is 0 Å². The zero-order valence-electron chi connectivity index (χ0n) is 11.4. The van der Waals surface area contributed by atoms with Crippen LogP contribution in [0.1, 0.15) is 63.4 Å². The maximum atomic E-state index is 5.51. The van der Waals surface area contributed by atoms with Gasteiger partial charge in [0, 0.05) is 17.7 Å². The number of rotatable bonds is 4. The van der Waals surface area contributed by atoms with Gasteiger partial charge in [-0.3, -0.25) is 0 Å². The lowest BCUT2D eigenvalue weighted by atomic mass is 9.88. The van der Waals surface area contributed by atoms with Crippen LogP contribution in [0.25, 0.3) is 0 Å². The molecule has 1 aromatic rings. The second-order valence-corrected chi connectivity index (χ2v) is 5.68. The average Bonchev–Trinajstić information content (AvgIpc) is 2.38. The van der Waals surface area contributed by atoms with Crippen LogP contribution >= 0.6 is 0 Å². The molecule has 0 radical (unpaired) electrons. The lowest BCUT2D eigenvalue weighted by Crippen LogP contribution is -2.15. The number of anilines is 1. The Hall–Kier alpha value is -1.16. The van der Waals surface area contributed by atoms with Crippen LogP contribution < -0.4 is 11.3 Å². The molecule has 1 saturated carbocycles. The minimum Gasteiger partial charge on any atom is -0.308 e. The molecule has 1 fully saturated rings. The van der Waals surface area contributed by atoms with E-state index in [1.165, 1.54) is 32.1 Å². The fourth-order valence-corrected chi connectivity index (χ4v) is 2.66. The van der Waals surface area contributed by atoms with Crippen molar-refractivity contribution >= 4 is 5.82 Å². The first-order valence-electron chi connectivity index (χ1n) is 7.03. The standard InChI is InChI=1S/C14H24N4/c1-10(2)8-12-9-13(18-15)17-14(16-12)11-6-4-3-5-7-11/h9-11H,3-8,15H2,1-2H3,(H,16,17,18). The molecule has 1 aliphatic carbocycles. The summed E-state index contributed by atoms with van der Waals surface area (Å²) in [6, 6.07) is 1.96. The second kappa shape index (κ2) is 6.14. The van der Waals surface area contributed by atoms with E-state index in [0.29, 0.717) is 11.8 Å². The van der Waals surface area contributed by atoms with Crippen molar-refractivity contribution in [1.82, 2.24) is 9.97 Å². The molecule has 0 saturated heterocycles. The lowest BCUT2D eigenvalue weighted by molar-refractivity contribution is 0.427. The van der Waals surface area contributed by atoms with Crippen LogP contribution in [0.5, 0.6) is 0 Å². The molecule has 0 amide bonds. The zero-order valence-corrected chi connectivity index (χ0v) is 11.4. The van der Waals surface area contributed by atoms with Crippen molar-refractivity contribution in [2.75, 3.05) is 5.43 Å². The number of aromatic nitrogens is 2. The Bertz CT molecular complexity index is 383. The van der Waals surface area contributed by atoms with Gasteiger partial charge in [-0.05, 0) is 25.2 Å². The van der Waals surface area contributed by atoms with Gasteiger partial charge >= 0.3 is 0 Å². The smallest absolute Gasteiger partial charge is 0.143 e. The Morgan fingerprint density at radius 2 is 2.00 bits per heavy atom. The van der Waals surface area contributed by atoms with Crippen LogP contribution in [0.4, 0.5) is 5.82 Å². The molecule has 0 atom stereocenters. The highest BCUT2D eigenvalue weighted by Crippen LogP contribution is 2.31. The molecule has 1 aromatic heterocycles. The highest BCUT2D eigenvalue weighted by atomic mass is 15.3. The molecule has 1 aliphatic rings. The number of nitrogens with two attached hydrogens (primary N) is 1. The van der Waals surface area contributed by atoms with Crippen molar-refractivity contribution in [1.29, 1.82) is 0 Å². The van der Waals surface area contributed by atoms with Gasteiger partial charge in [0.2, 0.25) is 0 Å². The Morgan fingerprint density at radius 3 is 2.61 bits per heavy atom. The highest BCUT2D eigenvalue weighted by molar-refractivity contribution is 5.35. The van der Waals surface area contributed by atoms with E-state index in [0.717, 1.165) is 23.8 Å². The highest BCUT2D eigenvalue weighted by Gasteiger charge is 2.19. The third-order valence-electron chi connectivity index (χ3n) is 3.53. The molecule has 1 heterocycles. The molecule has 0 unspecified atom stereocenters. The Labute approximate surface area is 109 Å². The topological polar surface area (TPSA) is 63.8 Å². The minimum absolute atomic E-state index is 0.526. The molecule has 4 heteroatoms. The van der Waals surface area contributed by atoms with E-state index in [4.69, 9.17) is 10.8 Å².